The third-order valence-electron chi connectivity index (χ3n) is 4.22. The van der Waals surface area contributed by atoms with Gasteiger partial charge < -0.3 is 10.1 Å². The lowest BCUT2D eigenvalue weighted by molar-refractivity contribution is -0.119. The Bertz CT molecular complexity index is 963. The first-order valence-corrected chi connectivity index (χ1v) is 10.2. The van der Waals surface area contributed by atoms with Gasteiger partial charge in [0.25, 0.3) is 10.0 Å². The van der Waals surface area contributed by atoms with Crippen molar-refractivity contribution in [3.63, 3.8) is 0 Å². The Morgan fingerprint density at radius 3 is 2.46 bits per heavy atom. The monoisotopic (exact) mass is 403 g/mol. The zero-order valence-corrected chi connectivity index (χ0v) is 16.2. The van der Waals surface area contributed by atoms with E-state index in [9.17, 15) is 18.0 Å². The predicted octanol–water partition coefficient (Wildman–Crippen LogP) is 1.97. The third kappa shape index (κ3) is 3.85. The topological polar surface area (TPSA) is 96.0 Å². The van der Waals surface area contributed by atoms with Crippen LogP contribution < -0.4 is 14.5 Å². The molecule has 0 aliphatic carbocycles. The van der Waals surface area contributed by atoms with Gasteiger partial charge in [-0.2, -0.15) is 4.31 Å². The number of anilines is 2. The molecule has 8 nitrogen and oxygen atoms in total. The number of nitrogens with one attached hydrogen (secondary N) is 1. The summed E-state index contributed by atoms with van der Waals surface area (Å²) in [6, 6.07) is 13.4. The summed E-state index contributed by atoms with van der Waals surface area (Å²) in [5.74, 6) is -0.383. The number of carbonyl (C=O) groups is 2. The van der Waals surface area contributed by atoms with Crippen molar-refractivity contribution in [1.29, 1.82) is 0 Å². The zero-order chi connectivity index (χ0) is 20.1. The van der Waals surface area contributed by atoms with Gasteiger partial charge >= 0.3 is 6.03 Å². The lowest BCUT2D eigenvalue weighted by Crippen LogP contribution is -2.53. The van der Waals surface area contributed by atoms with Crippen molar-refractivity contribution >= 4 is 33.3 Å². The number of para-hydroxylation sites is 2. The lowest BCUT2D eigenvalue weighted by Gasteiger charge is -2.35. The average molecular weight is 403 g/mol. The minimum Gasteiger partial charge on any atom is -0.385 e. The Morgan fingerprint density at radius 2 is 1.75 bits per heavy atom. The molecule has 2 aromatic rings. The third-order valence-corrected chi connectivity index (χ3v) is 5.97. The minimum absolute atomic E-state index is 0.0226. The van der Waals surface area contributed by atoms with Gasteiger partial charge in [0.15, 0.2) is 0 Å². The van der Waals surface area contributed by atoms with Gasteiger partial charge in [-0.05, 0) is 30.7 Å². The molecule has 1 aliphatic rings. The van der Waals surface area contributed by atoms with Crippen molar-refractivity contribution in [2.75, 3.05) is 36.0 Å². The molecule has 0 radical (unpaired) electrons. The van der Waals surface area contributed by atoms with Gasteiger partial charge in [-0.25, -0.2) is 13.2 Å². The van der Waals surface area contributed by atoms with Gasteiger partial charge in [-0.3, -0.25) is 9.69 Å². The maximum Gasteiger partial charge on any atom is 0.343 e. The van der Waals surface area contributed by atoms with Crippen LogP contribution in [0, 0.1) is 0 Å². The summed E-state index contributed by atoms with van der Waals surface area (Å²) in [5.41, 5.74) is 0.402. The van der Waals surface area contributed by atoms with Crippen LogP contribution in [-0.2, 0) is 19.6 Å². The summed E-state index contributed by atoms with van der Waals surface area (Å²) in [5, 5.41) is 2.71. The zero-order valence-electron chi connectivity index (χ0n) is 15.4. The molecule has 0 bridgehead atoms. The number of fused-ring (bicyclic) bond motifs is 1. The smallest absolute Gasteiger partial charge is 0.343 e. The van der Waals surface area contributed by atoms with Crippen molar-refractivity contribution in [3.8, 4) is 0 Å². The van der Waals surface area contributed by atoms with E-state index in [0.29, 0.717) is 19.6 Å². The number of ether oxygens (including phenoxy) is 1. The van der Waals surface area contributed by atoms with Gasteiger partial charge in [-0.15, -0.1) is 0 Å². The van der Waals surface area contributed by atoms with Crippen molar-refractivity contribution in [2.24, 2.45) is 0 Å². The summed E-state index contributed by atoms with van der Waals surface area (Å²) in [6.07, 6.45) is 0.636. The van der Waals surface area contributed by atoms with Crippen molar-refractivity contribution < 1.29 is 22.7 Å². The molecule has 3 rings (SSSR count). The van der Waals surface area contributed by atoms with Gasteiger partial charge in [0.1, 0.15) is 11.4 Å². The number of rotatable bonds is 7. The summed E-state index contributed by atoms with van der Waals surface area (Å²) < 4.78 is 31.8. The van der Waals surface area contributed by atoms with Crippen molar-refractivity contribution in [1.82, 2.24) is 5.32 Å². The number of carbonyl (C=O) groups excluding carboxylic acids is 2. The molecule has 0 fully saturated rings. The quantitative estimate of drug-likeness (QED) is 0.713. The molecule has 3 amide bonds. The number of sulfonamides is 1. The van der Waals surface area contributed by atoms with E-state index >= 15 is 0 Å². The van der Waals surface area contributed by atoms with E-state index in [1.165, 1.54) is 29.2 Å². The van der Waals surface area contributed by atoms with E-state index in [0.717, 1.165) is 4.31 Å². The molecular formula is C19H21N3O5S. The summed E-state index contributed by atoms with van der Waals surface area (Å²) >= 11 is 0. The number of urea groups is 1. The number of methoxy groups -OCH3 is 1. The van der Waals surface area contributed by atoms with Crippen LogP contribution in [0.3, 0.4) is 0 Å². The molecule has 0 saturated heterocycles. The second-order valence-electron chi connectivity index (χ2n) is 6.14. The van der Waals surface area contributed by atoms with Crippen molar-refractivity contribution in [2.45, 2.75) is 11.3 Å². The van der Waals surface area contributed by atoms with Crippen LogP contribution in [0.2, 0.25) is 0 Å². The minimum atomic E-state index is -4.08. The Morgan fingerprint density at radius 1 is 1.07 bits per heavy atom. The van der Waals surface area contributed by atoms with E-state index < -0.39 is 16.1 Å². The lowest BCUT2D eigenvalue weighted by atomic mass is 10.2. The number of amides is 3. The second kappa shape index (κ2) is 8.41. The number of hydrogen-bond acceptors (Lipinski definition) is 5. The molecule has 0 aromatic heterocycles. The maximum atomic E-state index is 13.1. The molecule has 0 spiro atoms. The first kappa shape index (κ1) is 19.8. The fourth-order valence-electron chi connectivity index (χ4n) is 2.92. The van der Waals surface area contributed by atoms with Crippen LogP contribution in [0.1, 0.15) is 6.42 Å². The molecule has 2 aromatic carbocycles. The van der Waals surface area contributed by atoms with Crippen LogP contribution in [-0.4, -0.2) is 47.2 Å². The number of benzene rings is 2. The molecule has 28 heavy (non-hydrogen) atoms. The van der Waals surface area contributed by atoms with E-state index in [-0.39, 0.29) is 28.7 Å². The van der Waals surface area contributed by atoms with Gasteiger partial charge in [0.05, 0.1) is 11.4 Å². The summed E-state index contributed by atoms with van der Waals surface area (Å²) in [6.45, 7) is 0.616. The fraction of sp³-hybridized carbons (Fsp3) is 0.263. The normalized spacial score (nSPS) is 15.2. The first-order chi connectivity index (χ1) is 13.5. The van der Waals surface area contributed by atoms with Crippen LogP contribution in [0.4, 0.5) is 16.2 Å². The van der Waals surface area contributed by atoms with Crippen LogP contribution >= 0.6 is 0 Å². The van der Waals surface area contributed by atoms with Gasteiger partial charge in [-0.1, -0.05) is 30.3 Å². The molecular weight excluding hydrogens is 382 g/mol. The van der Waals surface area contributed by atoms with E-state index in [4.69, 9.17) is 4.74 Å². The Labute approximate surface area is 163 Å². The number of nitrogens with zero attached hydrogens (tertiary/aromatic N) is 2. The summed E-state index contributed by atoms with van der Waals surface area (Å²) in [7, 11) is -2.51. The maximum absolute atomic E-state index is 13.1. The van der Waals surface area contributed by atoms with Crippen LogP contribution in [0.25, 0.3) is 0 Å². The molecule has 0 atom stereocenters. The van der Waals surface area contributed by atoms with Crippen molar-refractivity contribution in [3.05, 3.63) is 54.6 Å². The molecule has 148 valence electrons. The fourth-order valence-corrected chi connectivity index (χ4v) is 4.51. The largest absolute Gasteiger partial charge is 0.385 e. The molecule has 9 heteroatoms. The van der Waals surface area contributed by atoms with Crippen LogP contribution in [0.15, 0.2) is 59.5 Å². The summed E-state index contributed by atoms with van der Waals surface area (Å²) in [4.78, 5) is 26.6. The van der Waals surface area contributed by atoms with Gasteiger partial charge in [0.2, 0.25) is 5.91 Å². The standard InChI is InChI=1S/C19H21N3O5S/c1-27-13-7-12-20-18(23)14-21-16-10-5-6-11-17(16)28(25,26)22(19(21)24)15-8-3-2-4-9-15/h2-6,8-11H,7,12-14H2,1H3,(H,20,23). The Hall–Kier alpha value is -2.91. The molecule has 0 unspecified atom stereocenters. The predicted molar refractivity (Wildman–Crippen MR) is 105 cm³/mol. The van der Waals surface area contributed by atoms with Gasteiger partial charge in [0, 0.05) is 20.3 Å². The highest BCUT2D eigenvalue weighted by Crippen LogP contribution is 2.36. The highest BCUT2D eigenvalue weighted by molar-refractivity contribution is 7.94. The van der Waals surface area contributed by atoms with E-state index in [2.05, 4.69) is 5.32 Å². The molecule has 1 N–H and O–H groups in total. The highest BCUT2D eigenvalue weighted by atomic mass is 32.2. The van der Waals surface area contributed by atoms with E-state index in [1.54, 1.807) is 37.4 Å². The first-order valence-electron chi connectivity index (χ1n) is 8.73. The Kier molecular flexibility index (Phi) is 5.96. The average Bonchev–Trinajstić information content (AvgIpc) is 2.69. The molecule has 1 heterocycles. The molecule has 0 saturated carbocycles. The van der Waals surface area contributed by atoms with Crippen LogP contribution in [0.5, 0.6) is 0 Å². The second-order valence-corrected chi connectivity index (χ2v) is 7.89. The molecule has 1 aliphatic heterocycles. The Balaban J connectivity index is 1.94. The number of hydrogen-bond donors (Lipinski definition) is 1. The highest BCUT2D eigenvalue weighted by Gasteiger charge is 2.42. The SMILES string of the molecule is COCCCNC(=O)CN1C(=O)N(c2ccccc2)S(=O)(=O)c2ccccc21. The van der Waals surface area contributed by atoms with E-state index in [1.807, 2.05) is 0 Å².